The van der Waals surface area contributed by atoms with Crippen LogP contribution in [0.25, 0.3) is 0 Å². The summed E-state index contributed by atoms with van der Waals surface area (Å²) in [6.45, 7) is 8.61. The van der Waals surface area contributed by atoms with Crippen molar-refractivity contribution in [2.45, 2.75) is 53.0 Å². The molecule has 1 atom stereocenters. The van der Waals surface area contributed by atoms with Gasteiger partial charge in [0.15, 0.2) is 0 Å². The Kier molecular flexibility index (Phi) is 6.60. The molecule has 24 heavy (non-hydrogen) atoms. The van der Waals surface area contributed by atoms with Crippen molar-refractivity contribution in [3.8, 4) is 0 Å². The van der Waals surface area contributed by atoms with E-state index in [4.69, 9.17) is 0 Å². The third kappa shape index (κ3) is 5.52. The first-order valence-corrected chi connectivity index (χ1v) is 8.86. The molecule has 2 aromatic carbocycles. The number of carbonyl (C=O) groups is 1. The van der Waals surface area contributed by atoms with Crippen LogP contribution in [0, 0.1) is 19.8 Å². The molecule has 2 heteroatoms. The fourth-order valence-corrected chi connectivity index (χ4v) is 2.92. The predicted octanol–water partition coefficient (Wildman–Crippen LogP) is 5.14. The third-order valence-electron chi connectivity index (χ3n) is 4.46. The number of benzene rings is 2. The number of carbonyl (C=O) groups excluding carboxylic acids is 1. The number of hydrogen-bond donors (Lipinski definition) is 1. The molecule has 0 aliphatic rings. The van der Waals surface area contributed by atoms with Gasteiger partial charge in [0.1, 0.15) is 0 Å². The first-order valence-electron chi connectivity index (χ1n) is 8.86. The van der Waals surface area contributed by atoms with Gasteiger partial charge in [0, 0.05) is 6.42 Å². The van der Waals surface area contributed by atoms with Gasteiger partial charge < -0.3 is 5.32 Å². The zero-order chi connectivity index (χ0) is 17.5. The van der Waals surface area contributed by atoms with E-state index in [-0.39, 0.29) is 11.9 Å². The first-order chi connectivity index (χ1) is 11.5. The van der Waals surface area contributed by atoms with Crippen LogP contribution in [0.4, 0.5) is 0 Å². The zero-order valence-corrected chi connectivity index (χ0v) is 15.3. The van der Waals surface area contributed by atoms with Crippen LogP contribution >= 0.6 is 0 Å². The van der Waals surface area contributed by atoms with Gasteiger partial charge in [0.25, 0.3) is 0 Å². The lowest BCUT2D eigenvalue weighted by Gasteiger charge is -2.21. The number of rotatable bonds is 7. The summed E-state index contributed by atoms with van der Waals surface area (Å²) < 4.78 is 0. The molecule has 0 heterocycles. The van der Waals surface area contributed by atoms with Crippen LogP contribution in [0.5, 0.6) is 0 Å². The van der Waals surface area contributed by atoms with Crippen LogP contribution < -0.4 is 5.32 Å². The van der Waals surface area contributed by atoms with Gasteiger partial charge in [-0.05, 0) is 54.9 Å². The molecular formula is C22H29NO. The van der Waals surface area contributed by atoms with E-state index in [1.54, 1.807) is 0 Å². The second kappa shape index (κ2) is 8.68. The molecule has 0 aliphatic heterocycles. The number of nitrogens with one attached hydrogen (secondary N) is 1. The fraction of sp³-hybridized carbons (Fsp3) is 0.409. The van der Waals surface area contributed by atoms with Crippen molar-refractivity contribution in [3.63, 3.8) is 0 Å². The van der Waals surface area contributed by atoms with E-state index < -0.39 is 0 Å². The van der Waals surface area contributed by atoms with E-state index in [0.29, 0.717) is 12.3 Å². The Hall–Kier alpha value is -2.09. The Balaban J connectivity index is 1.96. The molecule has 2 aromatic rings. The number of amides is 1. The van der Waals surface area contributed by atoms with Gasteiger partial charge in [-0.1, -0.05) is 62.4 Å². The summed E-state index contributed by atoms with van der Waals surface area (Å²) in [5.74, 6) is 0.665. The normalized spacial score (nSPS) is 12.2. The van der Waals surface area contributed by atoms with Gasteiger partial charge in [-0.15, -0.1) is 0 Å². The Bertz CT molecular complexity index is 661. The summed E-state index contributed by atoms with van der Waals surface area (Å²) >= 11 is 0. The van der Waals surface area contributed by atoms with Crippen LogP contribution in [0.15, 0.2) is 48.5 Å². The van der Waals surface area contributed by atoms with Gasteiger partial charge in [-0.2, -0.15) is 0 Å². The molecule has 2 nitrogen and oxygen atoms in total. The highest BCUT2D eigenvalue weighted by Gasteiger charge is 2.15. The van der Waals surface area contributed by atoms with Crippen LogP contribution in [-0.2, 0) is 11.2 Å². The highest BCUT2D eigenvalue weighted by Crippen LogP contribution is 2.21. The van der Waals surface area contributed by atoms with Crippen molar-refractivity contribution >= 4 is 5.91 Å². The molecular weight excluding hydrogens is 294 g/mol. The van der Waals surface area contributed by atoms with E-state index in [1.807, 2.05) is 18.2 Å². The molecule has 0 radical (unpaired) electrons. The molecule has 0 bridgehead atoms. The van der Waals surface area contributed by atoms with Crippen molar-refractivity contribution in [1.29, 1.82) is 0 Å². The zero-order valence-electron chi connectivity index (χ0n) is 15.3. The van der Waals surface area contributed by atoms with Crippen molar-refractivity contribution in [2.75, 3.05) is 0 Å². The van der Waals surface area contributed by atoms with Gasteiger partial charge in [0.2, 0.25) is 5.91 Å². The highest BCUT2D eigenvalue weighted by molar-refractivity contribution is 5.76. The van der Waals surface area contributed by atoms with Crippen LogP contribution in [-0.4, -0.2) is 5.91 Å². The lowest BCUT2D eigenvalue weighted by atomic mass is 9.96. The smallest absolute Gasteiger partial charge is 0.220 e. The molecule has 0 aromatic heterocycles. The summed E-state index contributed by atoms with van der Waals surface area (Å²) in [7, 11) is 0. The van der Waals surface area contributed by atoms with Gasteiger partial charge in [0.05, 0.1) is 6.04 Å². The molecule has 0 aliphatic carbocycles. The second-order valence-corrected chi connectivity index (χ2v) is 7.08. The maximum atomic E-state index is 12.4. The molecule has 128 valence electrons. The molecule has 0 saturated heterocycles. The van der Waals surface area contributed by atoms with E-state index in [2.05, 4.69) is 63.3 Å². The van der Waals surface area contributed by atoms with Crippen molar-refractivity contribution < 1.29 is 4.79 Å². The van der Waals surface area contributed by atoms with E-state index in [9.17, 15) is 4.79 Å². The first kappa shape index (κ1) is 18.3. The number of hydrogen-bond acceptors (Lipinski definition) is 1. The monoisotopic (exact) mass is 323 g/mol. The van der Waals surface area contributed by atoms with Crippen LogP contribution in [0.3, 0.4) is 0 Å². The Morgan fingerprint density at radius 3 is 2.33 bits per heavy atom. The highest BCUT2D eigenvalue weighted by atomic mass is 16.1. The standard InChI is InChI=1S/C22H29NO/c1-16(2)14-21(20-8-6-5-7-9-20)23-22(24)13-12-19-11-10-17(3)18(4)15-19/h5-11,15-16,21H,12-14H2,1-4H3,(H,23,24). The topological polar surface area (TPSA) is 29.1 Å². The quantitative estimate of drug-likeness (QED) is 0.751. The van der Waals surface area contributed by atoms with Gasteiger partial charge in [-0.25, -0.2) is 0 Å². The molecule has 0 saturated carbocycles. The lowest BCUT2D eigenvalue weighted by Crippen LogP contribution is -2.29. The fourth-order valence-electron chi connectivity index (χ4n) is 2.92. The van der Waals surface area contributed by atoms with Crippen LogP contribution in [0.1, 0.15) is 55.0 Å². The van der Waals surface area contributed by atoms with E-state index in [0.717, 1.165) is 12.8 Å². The van der Waals surface area contributed by atoms with Crippen molar-refractivity contribution in [3.05, 3.63) is 70.8 Å². The largest absolute Gasteiger partial charge is 0.349 e. The van der Waals surface area contributed by atoms with E-state index >= 15 is 0 Å². The lowest BCUT2D eigenvalue weighted by molar-refractivity contribution is -0.121. The summed E-state index contributed by atoms with van der Waals surface area (Å²) in [6, 6.07) is 16.8. The minimum atomic E-state index is 0.0958. The maximum absolute atomic E-state index is 12.4. The van der Waals surface area contributed by atoms with Crippen molar-refractivity contribution in [1.82, 2.24) is 5.32 Å². The van der Waals surface area contributed by atoms with E-state index in [1.165, 1.54) is 22.3 Å². The molecule has 0 fully saturated rings. The minimum absolute atomic E-state index is 0.0958. The Morgan fingerprint density at radius 2 is 1.71 bits per heavy atom. The molecule has 1 amide bonds. The summed E-state index contributed by atoms with van der Waals surface area (Å²) in [5, 5.41) is 3.22. The Labute approximate surface area is 146 Å². The summed E-state index contributed by atoms with van der Waals surface area (Å²) in [5.41, 5.74) is 5.00. The van der Waals surface area contributed by atoms with Gasteiger partial charge in [-0.3, -0.25) is 4.79 Å². The third-order valence-corrected chi connectivity index (χ3v) is 4.46. The van der Waals surface area contributed by atoms with Gasteiger partial charge >= 0.3 is 0 Å². The summed E-state index contributed by atoms with van der Waals surface area (Å²) in [6.07, 6.45) is 2.28. The summed E-state index contributed by atoms with van der Waals surface area (Å²) in [4.78, 5) is 12.4. The van der Waals surface area contributed by atoms with Crippen LogP contribution in [0.2, 0.25) is 0 Å². The molecule has 1 N–H and O–H groups in total. The molecule has 0 spiro atoms. The minimum Gasteiger partial charge on any atom is -0.349 e. The average Bonchev–Trinajstić information content (AvgIpc) is 2.56. The number of aryl methyl sites for hydroxylation is 3. The molecule has 2 rings (SSSR count). The Morgan fingerprint density at radius 1 is 1.00 bits per heavy atom. The average molecular weight is 323 g/mol. The van der Waals surface area contributed by atoms with Crippen molar-refractivity contribution in [2.24, 2.45) is 5.92 Å². The predicted molar refractivity (Wildman–Crippen MR) is 101 cm³/mol. The maximum Gasteiger partial charge on any atom is 0.220 e. The molecule has 1 unspecified atom stereocenters. The SMILES string of the molecule is Cc1ccc(CCC(=O)NC(CC(C)C)c2ccccc2)cc1C. The second-order valence-electron chi connectivity index (χ2n) is 7.08.